The molecule has 1 saturated heterocycles. The molecule has 142 valence electrons. The third-order valence-electron chi connectivity index (χ3n) is 5.54. The number of nitrogens with zero attached hydrogens (tertiary/aromatic N) is 3. The summed E-state index contributed by atoms with van der Waals surface area (Å²) >= 11 is 0. The van der Waals surface area contributed by atoms with Gasteiger partial charge in [0.1, 0.15) is 0 Å². The van der Waals surface area contributed by atoms with Crippen LogP contribution in [0.25, 0.3) is 10.9 Å². The molecular weight excluding hydrogens is 332 g/mol. The Morgan fingerprint density at radius 1 is 1.15 bits per heavy atom. The van der Waals surface area contributed by atoms with Gasteiger partial charge in [-0.2, -0.15) is 5.10 Å². The average molecular weight is 363 g/mol. The van der Waals surface area contributed by atoms with Gasteiger partial charge in [-0.05, 0) is 50.5 Å². The molecule has 1 fully saturated rings. The van der Waals surface area contributed by atoms with Crippen LogP contribution >= 0.6 is 0 Å². The number of fused-ring (bicyclic) bond motifs is 1. The second kappa shape index (κ2) is 7.73. The molecule has 0 spiro atoms. The smallest absolute Gasteiger partial charge is 0.0709 e. The lowest BCUT2D eigenvalue weighted by Gasteiger charge is -2.35. The fraction of sp³-hybridized carbons (Fsp3) is 0.435. The van der Waals surface area contributed by atoms with E-state index < -0.39 is 0 Å². The lowest BCUT2D eigenvalue weighted by molar-refractivity contribution is 0.455. The molecule has 1 aliphatic heterocycles. The Labute approximate surface area is 162 Å². The predicted molar refractivity (Wildman–Crippen MR) is 114 cm³/mol. The molecule has 1 N–H and O–H groups in total. The van der Waals surface area contributed by atoms with E-state index in [-0.39, 0.29) is 0 Å². The van der Waals surface area contributed by atoms with Crippen LogP contribution in [-0.2, 0) is 12.8 Å². The zero-order valence-corrected chi connectivity index (χ0v) is 16.7. The first-order valence-corrected chi connectivity index (χ1v) is 10.2. The van der Waals surface area contributed by atoms with Gasteiger partial charge >= 0.3 is 0 Å². The number of rotatable bonds is 5. The highest BCUT2D eigenvalue weighted by Crippen LogP contribution is 2.28. The summed E-state index contributed by atoms with van der Waals surface area (Å²) in [6.45, 7) is 9.71. The van der Waals surface area contributed by atoms with E-state index in [2.05, 4.69) is 84.2 Å². The number of hydrogen-bond donors (Lipinski definition) is 1. The highest BCUT2D eigenvalue weighted by molar-refractivity contribution is 5.85. The second-order valence-corrected chi connectivity index (χ2v) is 7.83. The molecule has 0 aliphatic carbocycles. The summed E-state index contributed by atoms with van der Waals surface area (Å²) in [6.07, 6.45) is 2.05. The maximum atomic E-state index is 4.85. The number of piperazine rings is 1. The van der Waals surface area contributed by atoms with E-state index in [0.29, 0.717) is 12.1 Å². The minimum Gasteiger partial charge on any atom is -0.369 e. The Morgan fingerprint density at radius 3 is 2.70 bits per heavy atom. The fourth-order valence-corrected chi connectivity index (χ4v) is 4.14. The molecule has 1 aliphatic rings. The van der Waals surface area contributed by atoms with Crippen molar-refractivity contribution in [3.8, 4) is 0 Å². The Balaban J connectivity index is 1.58. The lowest BCUT2D eigenvalue weighted by atomic mass is 10.0. The van der Waals surface area contributed by atoms with Gasteiger partial charge in [-0.3, -0.25) is 4.68 Å². The van der Waals surface area contributed by atoms with Crippen molar-refractivity contribution in [2.45, 2.75) is 45.7 Å². The summed E-state index contributed by atoms with van der Waals surface area (Å²) in [5, 5.41) is 9.84. The van der Waals surface area contributed by atoms with E-state index in [1.54, 1.807) is 0 Å². The minimum atomic E-state index is 0.372. The third kappa shape index (κ3) is 3.72. The van der Waals surface area contributed by atoms with Crippen molar-refractivity contribution in [3.05, 3.63) is 59.8 Å². The van der Waals surface area contributed by atoms with Gasteiger partial charge in [0.2, 0.25) is 0 Å². The molecule has 1 aromatic heterocycles. The molecule has 0 amide bonds. The van der Waals surface area contributed by atoms with Crippen LogP contribution in [0.1, 0.15) is 38.1 Å². The molecule has 0 radical (unpaired) electrons. The molecule has 3 aromatic rings. The Kier molecular flexibility index (Phi) is 5.17. The lowest BCUT2D eigenvalue weighted by Crippen LogP contribution is -2.51. The van der Waals surface area contributed by atoms with E-state index in [1.807, 2.05) is 0 Å². The van der Waals surface area contributed by atoms with E-state index in [9.17, 15) is 0 Å². The van der Waals surface area contributed by atoms with Gasteiger partial charge in [-0.1, -0.05) is 37.3 Å². The SMILES string of the molecule is CCc1nn(C(C)C)c2cc(N3CCNC(Cc4ccccc4)C3)ccc12. The molecule has 2 heterocycles. The first-order chi connectivity index (χ1) is 13.2. The number of anilines is 1. The van der Waals surface area contributed by atoms with Crippen molar-refractivity contribution >= 4 is 16.6 Å². The number of aryl methyl sites for hydroxylation is 1. The first kappa shape index (κ1) is 18.1. The number of nitrogens with one attached hydrogen (secondary N) is 1. The maximum Gasteiger partial charge on any atom is 0.0709 e. The summed E-state index contributed by atoms with van der Waals surface area (Å²) < 4.78 is 2.18. The molecular formula is C23H30N4. The number of hydrogen-bond acceptors (Lipinski definition) is 3. The molecule has 0 saturated carbocycles. The van der Waals surface area contributed by atoms with Crippen LogP contribution < -0.4 is 10.2 Å². The van der Waals surface area contributed by atoms with Crippen molar-refractivity contribution in [2.24, 2.45) is 0 Å². The zero-order chi connectivity index (χ0) is 18.8. The van der Waals surface area contributed by atoms with Gasteiger partial charge in [0.25, 0.3) is 0 Å². The van der Waals surface area contributed by atoms with Gasteiger partial charge in [-0.15, -0.1) is 0 Å². The van der Waals surface area contributed by atoms with Crippen LogP contribution in [0.3, 0.4) is 0 Å². The topological polar surface area (TPSA) is 33.1 Å². The molecule has 0 bridgehead atoms. The predicted octanol–water partition coefficient (Wildman–Crippen LogP) is 4.20. The van der Waals surface area contributed by atoms with Crippen molar-refractivity contribution < 1.29 is 0 Å². The third-order valence-corrected chi connectivity index (χ3v) is 5.54. The van der Waals surface area contributed by atoms with Gasteiger partial charge in [0.05, 0.1) is 11.2 Å². The van der Waals surface area contributed by atoms with E-state index in [0.717, 1.165) is 32.5 Å². The number of aromatic nitrogens is 2. The quantitative estimate of drug-likeness (QED) is 0.738. The van der Waals surface area contributed by atoms with Gasteiger partial charge in [0, 0.05) is 42.8 Å². The number of benzene rings is 2. The Hall–Kier alpha value is -2.33. The van der Waals surface area contributed by atoms with Crippen molar-refractivity contribution in [2.75, 3.05) is 24.5 Å². The molecule has 4 nitrogen and oxygen atoms in total. The summed E-state index contributed by atoms with van der Waals surface area (Å²) in [4.78, 5) is 2.52. The van der Waals surface area contributed by atoms with Crippen LogP contribution in [0.15, 0.2) is 48.5 Å². The zero-order valence-electron chi connectivity index (χ0n) is 16.7. The Bertz CT molecular complexity index is 897. The summed E-state index contributed by atoms with van der Waals surface area (Å²) in [5.41, 5.74) is 5.18. The van der Waals surface area contributed by atoms with Crippen LogP contribution in [0.5, 0.6) is 0 Å². The summed E-state index contributed by atoms with van der Waals surface area (Å²) in [5.74, 6) is 0. The first-order valence-electron chi connectivity index (χ1n) is 10.2. The molecule has 1 unspecified atom stereocenters. The molecule has 1 atom stereocenters. The highest BCUT2D eigenvalue weighted by Gasteiger charge is 2.21. The maximum absolute atomic E-state index is 4.85. The van der Waals surface area contributed by atoms with Crippen LogP contribution in [-0.4, -0.2) is 35.5 Å². The minimum absolute atomic E-state index is 0.372. The summed E-state index contributed by atoms with van der Waals surface area (Å²) in [7, 11) is 0. The molecule has 27 heavy (non-hydrogen) atoms. The normalized spacial score (nSPS) is 17.8. The van der Waals surface area contributed by atoms with E-state index in [1.165, 1.54) is 27.8 Å². The Morgan fingerprint density at radius 2 is 1.96 bits per heavy atom. The highest BCUT2D eigenvalue weighted by atomic mass is 15.3. The largest absolute Gasteiger partial charge is 0.369 e. The fourth-order valence-electron chi connectivity index (χ4n) is 4.14. The van der Waals surface area contributed by atoms with E-state index in [4.69, 9.17) is 5.10 Å². The van der Waals surface area contributed by atoms with Gasteiger partial charge in [0.15, 0.2) is 0 Å². The molecule has 4 rings (SSSR count). The monoisotopic (exact) mass is 362 g/mol. The van der Waals surface area contributed by atoms with Gasteiger partial charge in [-0.25, -0.2) is 0 Å². The van der Waals surface area contributed by atoms with Crippen LogP contribution in [0.4, 0.5) is 5.69 Å². The van der Waals surface area contributed by atoms with E-state index >= 15 is 0 Å². The standard InChI is InChI=1S/C23H30N4/c1-4-22-21-11-10-20(15-23(21)27(25-22)17(2)3)26-13-12-24-19(16-26)14-18-8-6-5-7-9-18/h5-11,15,17,19,24H,4,12-14,16H2,1-3H3. The average Bonchev–Trinajstić information content (AvgIpc) is 3.07. The van der Waals surface area contributed by atoms with Gasteiger partial charge < -0.3 is 10.2 Å². The molecule has 2 aromatic carbocycles. The van der Waals surface area contributed by atoms with Crippen molar-refractivity contribution in [3.63, 3.8) is 0 Å². The van der Waals surface area contributed by atoms with Crippen LogP contribution in [0, 0.1) is 0 Å². The van der Waals surface area contributed by atoms with Crippen molar-refractivity contribution in [1.82, 2.24) is 15.1 Å². The summed E-state index contributed by atoms with van der Waals surface area (Å²) in [6, 6.07) is 18.5. The second-order valence-electron chi connectivity index (χ2n) is 7.83. The van der Waals surface area contributed by atoms with Crippen LogP contribution in [0.2, 0.25) is 0 Å². The van der Waals surface area contributed by atoms with Crippen molar-refractivity contribution in [1.29, 1.82) is 0 Å². The molecule has 4 heteroatoms.